The van der Waals surface area contributed by atoms with Crippen molar-refractivity contribution >= 4 is 17.5 Å². The molecule has 1 atom stereocenters. The van der Waals surface area contributed by atoms with Gasteiger partial charge in [-0.3, -0.25) is 9.59 Å². The van der Waals surface area contributed by atoms with Crippen molar-refractivity contribution in [3.63, 3.8) is 0 Å². The predicted molar refractivity (Wildman–Crippen MR) is 87.0 cm³/mol. The standard InChI is InChI=1S/C16H23N3O4/c1-17-15(20)9-12-10-23-14-5-4-11(8-13(14)19(12)2)16(21)18-6-7-22-3/h4-5,8,12H,6-7,9-10H2,1-3H3,(H,17,20)(H,18,21)/t12-/m1/s1. The van der Waals surface area contributed by atoms with Crippen molar-refractivity contribution in [3.05, 3.63) is 23.8 Å². The summed E-state index contributed by atoms with van der Waals surface area (Å²) in [6.45, 7) is 1.36. The van der Waals surface area contributed by atoms with Crippen LogP contribution in [0.25, 0.3) is 0 Å². The molecule has 2 rings (SSSR count). The molecule has 0 spiro atoms. The Morgan fingerprint density at radius 3 is 2.91 bits per heavy atom. The molecule has 2 N–H and O–H groups in total. The summed E-state index contributed by atoms with van der Waals surface area (Å²) in [6, 6.07) is 5.24. The molecule has 1 aromatic rings. The van der Waals surface area contributed by atoms with Crippen LogP contribution in [0, 0.1) is 0 Å². The van der Waals surface area contributed by atoms with Gasteiger partial charge in [-0.05, 0) is 18.2 Å². The van der Waals surface area contributed by atoms with Crippen molar-refractivity contribution in [2.45, 2.75) is 12.5 Å². The molecule has 1 aromatic carbocycles. The molecule has 1 aliphatic heterocycles. The fourth-order valence-corrected chi connectivity index (χ4v) is 2.43. The highest BCUT2D eigenvalue weighted by atomic mass is 16.5. The average molecular weight is 321 g/mol. The van der Waals surface area contributed by atoms with Gasteiger partial charge in [-0.25, -0.2) is 0 Å². The van der Waals surface area contributed by atoms with E-state index in [-0.39, 0.29) is 17.9 Å². The first-order valence-electron chi connectivity index (χ1n) is 7.54. The maximum Gasteiger partial charge on any atom is 0.251 e. The van der Waals surface area contributed by atoms with E-state index < -0.39 is 0 Å². The number of hydrogen-bond acceptors (Lipinski definition) is 5. The van der Waals surface area contributed by atoms with Crippen LogP contribution in [0.2, 0.25) is 0 Å². The SMILES string of the molecule is CNC(=O)C[C@@H]1COc2ccc(C(=O)NCCOC)cc2N1C. The Bertz CT molecular complexity index is 576. The fourth-order valence-electron chi connectivity index (χ4n) is 2.43. The van der Waals surface area contributed by atoms with Crippen LogP contribution in [-0.4, -0.2) is 58.8 Å². The second-order valence-electron chi connectivity index (χ2n) is 5.38. The summed E-state index contributed by atoms with van der Waals surface area (Å²) < 4.78 is 10.6. The van der Waals surface area contributed by atoms with E-state index in [9.17, 15) is 9.59 Å². The Morgan fingerprint density at radius 1 is 1.43 bits per heavy atom. The largest absolute Gasteiger partial charge is 0.489 e. The number of methoxy groups -OCH3 is 1. The molecule has 0 saturated carbocycles. The van der Waals surface area contributed by atoms with E-state index in [4.69, 9.17) is 9.47 Å². The quantitative estimate of drug-likeness (QED) is 0.741. The number of carbonyl (C=O) groups is 2. The van der Waals surface area contributed by atoms with Crippen LogP contribution in [0.5, 0.6) is 5.75 Å². The molecule has 23 heavy (non-hydrogen) atoms. The number of likely N-dealkylation sites (N-methyl/N-ethyl adjacent to an activating group) is 1. The van der Waals surface area contributed by atoms with Gasteiger partial charge < -0.3 is 25.0 Å². The third-order valence-electron chi connectivity index (χ3n) is 3.87. The molecule has 7 heteroatoms. The lowest BCUT2D eigenvalue weighted by atomic mass is 10.1. The zero-order valence-corrected chi connectivity index (χ0v) is 13.7. The Labute approximate surface area is 135 Å². The summed E-state index contributed by atoms with van der Waals surface area (Å²) in [5, 5.41) is 5.40. The lowest BCUT2D eigenvalue weighted by Gasteiger charge is -2.35. The lowest BCUT2D eigenvalue weighted by Crippen LogP contribution is -2.43. The van der Waals surface area contributed by atoms with Crippen LogP contribution in [0.3, 0.4) is 0 Å². The Hall–Kier alpha value is -2.28. The lowest BCUT2D eigenvalue weighted by molar-refractivity contribution is -0.121. The smallest absolute Gasteiger partial charge is 0.251 e. The van der Waals surface area contributed by atoms with Gasteiger partial charge in [0.05, 0.1) is 24.8 Å². The zero-order chi connectivity index (χ0) is 16.8. The number of nitrogens with one attached hydrogen (secondary N) is 2. The first-order valence-corrected chi connectivity index (χ1v) is 7.54. The number of nitrogens with zero attached hydrogens (tertiary/aromatic N) is 1. The van der Waals surface area contributed by atoms with Crippen LogP contribution in [0.1, 0.15) is 16.8 Å². The van der Waals surface area contributed by atoms with Crippen LogP contribution < -0.4 is 20.3 Å². The maximum atomic E-state index is 12.1. The average Bonchev–Trinajstić information content (AvgIpc) is 2.57. The molecule has 0 radical (unpaired) electrons. The monoisotopic (exact) mass is 321 g/mol. The van der Waals surface area contributed by atoms with Crippen molar-refractivity contribution in [2.24, 2.45) is 0 Å². The van der Waals surface area contributed by atoms with Crippen LogP contribution in [-0.2, 0) is 9.53 Å². The maximum absolute atomic E-state index is 12.1. The summed E-state index contributed by atoms with van der Waals surface area (Å²) in [4.78, 5) is 25.7. The van der Waals surface area contributed by atoms with Gasteiger partial charge in [0.15, 0.2) is 0 Å². The van der Waals surface area contributed by atoms with Crippen LogP contribution >= 0.6 is 0 Å². The van der Waals surface area contributed by atoms with E-state index >= 15 is 0 Å². The van der Waals surface area contributed by atoms with E-state index in [2.05, 4.69) is 10.6 Å². The molecule has 1 aliphatic rings. The zero-order valence-electron chi connectivity index (χ0n) is 13.7. The van der Waals surface area contributed by atoms with E-state index in [0.29, 0.717) is 37.5 Å². The molecule has 0 aliphatic carbocycles. The highest BCUT2D eigenvalue weighted by Crippen LogP contribution is 2.34. The first kappa shape index (κ1) is 17.1. The summed E-state index contributed by atoms with van der Waals surface area (Å²) in [7, 11) is 5.11. The van der Waals surface area contributed by atoms with Gasteiger partial charge in [0.2, 0.25) is 5.91 Å². The molecule has 1 heterocycles. The predicted octanol–water partition coefficient (Wildman–Crippen LogP) is 0.396. The summed E-state index contributed by atoms with van der Waals surface area (Å²) in [5.74, 6) is 0.517. The number of benzene rings is 1. The van der Waals surface area contributed by atoms with Gasteiger partial charge in [-0.1, -0.05) is 0 Å². The first-order chi connectivity index (χ1) is 11.1. The minimum atomic E-state index is -0.160. The molecular formula is C16H23N3O4. The van der Waals surface area contributed by atoms with E-state index in [1.165, 1.54) is 0 Å². The van der Waals surface area contributed by atoms with Gasteiger partial charge in [-0.2, -0.15) is 0 Å². The number of fused-ring (bicyclic) bond motifs is 1. The Kier molecular flexibility index (Phi) is 5.81. The third-order valence-corrected chi connectivity index (χ3v) is 3.87. The van der Waals surface area contributed by atoms with Gasteiger partial charge in [0.25, 0.3) is 5.91 Å². The topological polar surface area (TPSA) is 79.9 Å². The number of carbonyl (C=O) groups excluding carboxylic acids is 2. The van der Waals surface area contributed by atoms with Gasteiger partial charge >= 0.3 is 0 Å². The highest BCUT2D eigenvalue weighted by molar-refractivity contribution is 5.95. The minimum Gasteiger partial charge on any atom is -0.489 e. The Morgan fingerprint density at radius 2 is 2.22 bits per heavy atom. The van der Waals surface area contributed by atoms with Gasteiger partial charge in [0.1, 0.15) is 12.4 Å². The van der Waals surface area contributed by atoms with E-state index in [1.807, 2.05) is 11.9 Å². The van der Waals surface area contributed by atoms with Crippen LogP contribution in [0.15, 0.2) is 18.2 Å². The molecule has 0 saturated heterocycles. The minimum absolute atomic E-state index is 0.0395. The fraction of sp³-hybridized carbons (Fsp3) is 0.500. The van der Waals surface area contributed by atoms with Crippen molar-refractivity contribution in [1.82, 2.24) is 10.6 Å². The number of anilines is 1. The molecule has 2 amide bonds. The second kappa shape index (κ2) is 7.82. The van der Waals surface area contributed by atoms with Crippen molar-refractivity contribution < 1.29 is 19.1 Å². The van der Waals surface area contributed by atoms with Gasteiger partial charge in [0, 0.05) is 33.3 Å². The highest BCUT2D eigenvalue weighted by Gasteiger charge is 2.27. The van der Waals surface area contributed by atoms with Gasteiger partial charge in [-0.15, -0.1) is 0 Å². The van der Waals surface area contributed by atoms with Crippen molar-refractivity contribution in [3.8, 4) is 5.75 Å². The van der Waals surface area contributed by atoms with Crippen molar-refractivity contribution in [2.75, 3.05) is 45.9 Å². The second-order valence-corrected chi connectivity index (χ2v) is 5.38. The number of amides is 2. The summed E-state index contributed by atoms with van der Waals surface area (Å²) in [6.07, 6.45) is 0.344. The summed E-state index contributed by atoms with van der Waals surface area (Å²) >= 11 is 0. The van der Waals surface area contributed by atoms with Crippen LogP contribution in [0.4, 0.5) is 5.69 Å². The molecule has 126 valence electrons. The number of rotatable bonds is 6. The molecule has 7 nitrogen and oxygen atoms in total. The number of hydrogen-bond donors (Lipinski definition) is 2. The number of ether oxygens (including phenoxy) is 2. The Balaban J connectivity index is 2.12. The summed E-state index contributed by atoms with van der Waals surface area (Å²) in [5.41, 5.74) is 1.36. The molecule has 0 unspecified atom stereocenters. The van der Waals surface area contributed by atoms with E-state index in [1.54, 1.807) is 32.4 Å². The third kappa shape index (κ3) is 4.13. The molecular weight excluding hydrogens is 298 g/mol. The normalized spacial score (nSPS) is 16.3. The van der Waals surface area contributed by atoms with Crippen molar-refractivity contribution in [1.29, 1.82) is 0 Å². The molecule has 0 bridgehead atoms. The van der Waals surface area contributed by atoms with E-state index in [0.717, 1.165) is 5.69 Å². The molecule has 0 fully saturated rings. The molecule has 0 aromatic heterocycles.